The van der Waals surface area contributed by atoms with E-state index in [0.29, 0.717) is 16.7 Å². The van der Waals surface area contributed by atoms with Gasteiger partial charge in [-0.3, -0.25) is 14.9 Å². The van der Waals surface area contributed by atoms with Crippen LogP contribution in [-0.4, -0.2) is 26.7 Å². The van der Waals surface area contributed by atoms with Crippen molar-refractivity contribution in [2.75, 3.05) is 5.75 Å². The van der Waals surface area contributed by atoms with Gasteiger partial charge in [0.15, 0.2) is 5.78 Å². The number of nitro benzene ring substituents is 1. The number of carbonyl (C=O) groups excluding carboxylic acids is 1. The summed E-state index contributed by atoms with van der Waals surface area (Å²) in [5.41, 5.74) is 2.22. The number of rotatable bonds is 6. The third-order valence-electron chi connectivity index (χ3n) is 3.51. The molecule has 0 spiro atoms. The van der Waals surface area contributed by atoms with Crippen molar-refractivity contribution in [3.8, 4) is 11.5 Å². The van der Waals surface area contributed by atoms with Gasteiger partial charge in [0.1, 0.15) is 0 Å². The number of aromatic nitrogens is 2. The summed E-state index contributed by atoms with van der Waals surface area (Å²) in [4.78, 5) is 22.3. The normalized spacial score (nSPS) is 10.6. The zero-order valence-corrected chi connectivity index (χ0v) is 14.0. The van der Waals surface area contributed by atoms with Crippen molar-refractivity contribution in [2.45, 2.75) is 12.1 Å². The third-order valence-corrected chi connectivity index (χ3v) is 4.33. The van der Waals surface area contributed by atoms with Gasteiger partial charge in [0, 0.05) is 23.3 Å². The van der Waals surface area contributed by atoms with Crippen LogP contribution in [0.1, 0.15) is 15.9 Å². The molecule has 0 radical (unpaired) electrons. The van der Waals surface area contributed by atoms with Gasteiger partial charge in [0.25, 0.3) is 10.9 Å². The molecule has 0 aliphatic rings. The number of nitrogens with zero attached hydrogens (tertiary/aromatic N) is 3. The fourth-order valence-electron chi connectivity index (χ4n) is 2.17. The maximum Gasteiger partial charge on any atom is 0.277 e. The van der Waals surface area contributed by atoms with Crippen LogP contribution in [0.2, 0.25) is 0 Å². The lowest BCUT2D eigenvalue weighted by Gasteiger charge is -1.99. The van der Waals surface area contributed by atoms with Gasteiger partial charge < -0.3 is 4.42 Å². The standard InChI is InChI=1S/C17H13N3O4S/c1-11-4-2-3-5-14(11)16-18-19-17(24-16)25-10-15(21)12-6-8-13(9-7-12)20(22)23/h2-9H,10H2,1H3. The molecule has 1 heterocycles. The lowest BCUT2D eigenvalue weighted by Crippen LogP contribution is -2.02. The van der Waals surface area contributed by atoms with Crippen molar-refractivity contribution in [3.05, 3.63) is 69.8 Å². The Bertz CT molecular complexity index is 922. The highest BCUT2D eigenvalue weighted by Crippen LogP contribution is 2.26. The highest BCUT2D eigenvalue weighted by atomic mass is 32.2. The predicted molar refractivity (Wildman–Crippen MR) is 92.6 cm³/mol. The Labute approximate surface area is 147 Å². The van der Waals surface area contributed by atoms with Crippen LogP contribution in [0, 0.1) is 17.0 Å². The van der Waals surface area contributed by atoms with E-state index < -0.39 is 4.92 Å². The number of benzene rings is 2. The molecule has 0 amide bonds. The van der Waals surface area contributed by atoms with E-state index in [9.17, 15) is 14.9 Å². The summed E-state index contributed by atoms with van der Waals surface area (Å²) in [7, 11) is 0. The van der Waals surface area contributed by atoms with Gasteiger partial charge in [0.05, 0.1) is 10.7 Å². The molecular formula is C17H13N3O4S. The SMILES string of the molecule is Cc1ccccc1-c1nnc(SCC(=O)c2ccc([N+](=O)[O-])cc2)o1. The fourth-order valence-corrected chi connectivity index (χ4v) is 2.83. The zero-order valence-electron chi connectivity index (χ0n) is 13.2. The molecule has 0 aliphatic carbocycles. The summed E-state index contributed by atoms with van der Waals surface area (Å²) >= 11 is 1.13. The fraction of sp³-hybridized carbons (Fsp3) is 0.118. The lowest BCUT2D eigenvalue weighted by atomic mass is 10.1. The summed E-state index contributed by atoms with van der Waals surface area (Å²) in [6.07, 6.45) is 0. The molecule has 3 aromatic rings. The van der Waals surface area contributed by atoms with Gasteiger partial charge in [-0.2, -0.15) is 0 Å². The highest BCUT2D eigenvalue weighted by molar-refractivity contribution is 7.99. The van der Waals surface area contributed by atoms with E-state index in [-0.39, 0.29) is 17.2 Å². The lowest BCUT2D eigenvalue weighted by molar-refractivity contribution is -0.384. The van der Waals surface area contributed by atoms with Crippen LogP contribution in [0.4, 0.5) is 5.69 Å². The first-order valence-corrected chi connectivity index (χ1v) is 8.33. The van der Waals surface area contributed by atoms with E-state index in [4.69, 9.17) is 4.42 Å². The second kappa shape index (κ2) is 7.27. The first kappa shape index (κ1) is 16.8. The number of carbonyl (C=O) groups is 1. The molecule has 0 N–H and O–H groups in total. The number of nitro groups is 1. The van der Waals surface area contributed by atoms with Crippen molar-refractivity contribution < 1.29 is 14.1 Å². The second-order valence-corrected chi connectivity index (χ2v) is 6.13. The minimum atomic E-state index is -0.505. The molecule has 2 aromatic carbocycles. The first-order valence-electron chi connectivity index (χ1n) is 7.34. The summed E-state index contributed by atoms with van der Waals surface area (Å²) < 4.78 is 5.59. The van der Waals surface area contributed by atoms with Gasteiger partial charge in [0.2, 0.25) is 5.89 Å². The van der Waals surface area contributed by atoms with Crippen molar-refractivity contribution in [2.24, 2.45) is 0 Å². The highest BCUT2D eigenvalue weighted by Gasteiger charge is 2.14. The van der Waals surface area contributed by atoms with Gasteiger partial charge in [-0.05, 0) is 30.7 Å². The van der Waals surface area contributed by atoms with Crippen molar-refractivity contribution in [3.63, 3.8) is 0 Å². The predicted octanol–water partition coefficient (Wildman–Crippen LogP) is 3.93. The summed E-state index contributed by atoms with van der Waals surface area (Å²) in [6.45, 7) is 1.95. The Kier molecular flexibility index (Phi) is 4.90. The number of Topliss-reactive ketones (excluding diaryl/α,β-unsaturated/α-hetero) is 1. The molecule has 0 fully saturated rings. The summed E-state index contributed by atoms with van der Waals surface area (Å²) in [6, 6.07) is 13.1. The topological polar surface area (TPSA) is 99.1 Å². The van der Waals surface area contributed by atoms with Crippen LogP contribution in [0.25, 0.3) is 11.5 Å². The van der Waals surface area contributed by atoms with Gasteiger partial charge in [-0.25, -0.2) is 0 Å². The number of hydrogen-bond acceptors (Lipinski definition) is 7. The molecule has 7 nitrogen and oxygen atoms in total. The average Bonchev–Trinajstić information content (AvgIpc) is 3.09. The quantitative estimate of drug-likeness (QED) is 0.286. The van der Waals surface area contributed by atoms with Crippen LogP contribution in [0.3, 0.4) is 0 Å². The van der Waals surface area contributed by atoms with Crippen molar-refractivity contribution >= 4 is 23.2 Å². The molecular weight excluding hydrogens is 342 g/mol. The van der Waals surface area contributed by atoms with Gasteiger partial charge >= 0.3 is 0 Å². The van der Waals surface area contributed by atoms with Crippen LogP contribution < -0.4 is 0 Å². The molecule has 8 heteroatoms. The van der Waals surface area contributed by atoms with E-state index in [1.54, 1.807) is 0 Å². The molecule has 0 bridgehead atoms. The largest absolute Gasteiger partial charge is 0.411 e. The first-order chi connectivity index (χ1) is 12.0. The Morgan fingerprint density at radius 1 is 1.16 bits per heavy atom. The number of aryl methyl sites for hydroxylation is 1. The van der Waals surface area contributed by atoms with Gasteiger partial charge in [-0.15, -0.1) is 10.2 Å². The number of thioether (sulfide) groups is 1. The summed E-state index contributed by atoms with van der Waals surface area (Å²) in [5, 5.41) is 18.9. The second-order valence-electron chi connectivity index (χ2n) is 5.20. The van der Waals surface area contributed by atoms with Crippen LogP contribution in [0.15, 0.2) is 58.2 Å². The molecule has 0 aliphatic heterocycles. The maximum absolute atomic E-state index is 12.1. The Morgan fingerprint density at radius 2 is 1.88 bits per heavy atom. The van der Waals surface area contributed by atoms with Crippen LogP contribution >= 0.6 is 11.8 Å². The molecule has 1 aromatic heterocycles. The minimum Gasteiger partial charge on any atom is -0.411 e. The van der Waals surface area contributed by atoms with E-state index >= 15 is 0 Å². The van der Waals surface area contributed by atoms with Crippen molar-refractivity contribution in [1.82, 2.24) is 10.2 Å². The van der Waals surface area contributed by atoms with E-state index in [1.807, 2.05) is 31.2 Å². The molecule has 0 atom stereocenters. The number of hydrogen-bond donors (Lipinski definition) is 0. The third kappa shape index (κ3) is 3.92. The molecule has 25 heavy (non-hydrogen) atoms. The van der Waals surface area contributed by atoms with E-state index in [0.717, 1.165) is 22.9 Å². The number of non-ortho nitro benzene ring substituents is 1. The van der Waals surface area contributed by atoms with Crippen molar-refractivity contribution in [1.29, 1.82) is 0 Å². The number of ketones is 1. The van der Waals surface area contributed by atoms with E-state index in [1.165, 1.54) is 24.3 Å². The Morgan fingerprint density at radius 3 is 2.56 bits per heavy atom. The summed E-state index contributed by atoms with van der Waals surface area (Å²) in [5.74, 6) is 0.339. The zero-order chi connectivity index (χ0) is 17.8. The molecule has 0 saturated carbocycles. The molecule has 0 saturated heterocycles. The Balaban J connectivity index is 1.65. The minimum absolute atomic E-state index is 0.0519. The molecule has 126 valence electrons. The molecule has 0 unspecified atom stereocenters. The molecule has 3 rings (SSSR count). The van der Waals surface area contributed by atoms with Gasteiger partial charge in [-0.1, -0.05) is 30.0 Å². The monoisotopic (exact) mass is 355 g/mol. The van der Waals surface area contributed by atoms with Crippen LogP contribution in [0.5, 0.6) is 0 Å². The smallest absolute Gasteiger partial charge is 0.277 e. The Hall–Kier alpha value is -3.00. The average molecular weight is 355 g/mol. The van der Waals surface area contributed by atoms with Crippen LogP contribution in [-0.2, 0) is 0 Å². The van der Waals surface area contributed by atoms with E-state index in [2.05, 4.69) is 10.2 Å². The maximum atomic E-state index is 12.1.